The van der Waals surface area contributed by atoms with Crippen LogP contribution in [0.1, 0.15) is 49.4 Å². The summed E-state index contributed by atoms with van der Waals surface area (Å²) in [6.07, 6.45) is 5.45. The van der Waals surface area contributed by atoms with Gasteiger partial charge in [0.2, 0.25) is 0 Å². The van der Waals surface area contributed by atoms with Crippen molar-refractivity contribution in [3.05, 3.63) is 62.3 Å². The van der Waals surface area contributed by atoms with Crippen molar-refractivity contribution < 1.29 is 0 Å². The van der Waals surface area contributed by atoms with Gasteiger partial charge in [0.05, 0.1) is 32.5 Å². The zero-order chi connectivity index (χ0) is 23.3. The molecular formula is C24H22BrCl2N5S. The van der Waals surface area contributed by atoms with Crippen LogP contribution in [-0.2, 0) is 5.41 Å². The highest BCUT2D eigenvalue weighted by Crippen LogP contribution is 2.52. The Morgan fingerprint density at radius 3 is 2.48 bits per heavy atom. The van der Waals surface area contributed by atoms with Crippen LogP contribution in [0.15, 0.2) is 40.9 Å². The van der Waals surface area contributed by atoms with Gasteiger partial charge in [-0.05, 0) is 42.7 Å². The average molecular weight is 563 g/mol. The number of rotatable bonds is 3. The summed E-state index contributed by atoms with van der Waals surface area (Å²) in [6.45, 7) is 0. The SMILES string of the molecule is N#CC1(c2nc3cc(Cl)c(Cl)cc3[nH]2)C(=N)N(C2CCCCC2)C(S)C1c1ccc(Br)cc1. The fourth-order valence-electron chi connectivity index (χ4n) is 5.34. The first-order valence-corrected chi connectivity index (χ1v) is 13.0. The van der Waals surface area contributed by atoms with Crippen molar-refractivity contribution >= 4 is 68.6 Å². The fourth-order valence-corrected chi connectivity index (χ4v) is 6.63. The number of nitriles is 1. The third-order valence-electron chi connectivity index (χ3n) is 6.95. The molecule has 1 saturated heterocycles. The number of imidazole rings is 1. The Morgan fingerprint density at radius 1 is 1.15 bits per heavy atom. The molecule has 0 radical (unpaired) electrons. The van der Waals surface area contributed by atoms with E-state index in [0.717, 1.165) is 35.7 Å². The summed E-state index contributed by atoms with van der Waals surface area (Å²) in [5.74, 6) is 0.287. The Labute approximate surface area is 216 Å². The number of amidine groups is 1. The van der Waals surface area contributed by atoms with E-state index in [1.54, 1.807) is 12.1 Å². The van der Waals surface area contributed by atoms with Crippen molar-refractivity contribution in [2.45, 2.75) is 54.9 Å². The van der Waals surface area contributed by atoms with Crippen LogP contribution in [0.3, 0.4) is 0 Å². The topological polar surface area (TPSA) is 79.6 Å². The van der Waals surface area contributed by atoms with Gasteiger partial charge < -0.3 is 9.88 Å². The lowest BCUT2D eigenvalue weighted by molar-refractivity contribution is 0.238. The second-order valence-electron chi connectivity index (χ2n) is 8.78. The number of halogens is 3. The third kappa shape index (κ3) is 3.67. The summed E-state index contributed by atoms with van der Waals surface area (Å²) >= 11 is 21.0. The van der Waals surface area contributed by atoms with Crippen LogP contribution in [0.25, 0.3) is 11.0 Å². The van der Waals surface area contributed by atoms with Crippen LogP contribution in [0.2, 0.25) is 10.0 Å². The molecule has 170 valence electrons. The number of nitrogens with one attached hydrogen (secondary N) is 2. The van der Waals surface area contributed by atoms with Crippen molar-refractivity contribution in [1.82, 2.24) is 14.9 Å². The number of fused-ring (bicyclic) bond motifs is 1. The van der Waals surface area contributed by atoms with Gasteiger partial charge in [0, 0.05) is 16.4 Å². The van der Waals surface area contributed by atoms with E-state index in [4.69, 9.17) is 40.8 Å². The number of likely N-dealkylation sites (tertiary alicyclic amines) is 1. The molecule has 33 heavy (non-hydrogen) atoms. The summed E-state index contributed by atoms with van der Waals surface area (Å²) in [6, 6.07) is 14.0. The lowest BCUT2D eigenvalue weighted by Crippen LogP contribution is -2.44. The van der Waals surface area contributed by atoms with E-state index in [-0.39, 0.29) is 23.2 Å². The van der Waals surface area contributed by atoms with Gasteiger partial charge in [-0.2, -0.15) is 17.9 Å². The monoisotopic (exact) mass is 561 g/mol. The summed E-state index contributed by atoms with van der Waals surface area (Å²) < 4.78 is 0.953. The van der Waals surface area contributed by atoms with Crippen LogP contribution in [0.4, 0.5) is 0 Å². The highest BCUT2D eigenvalue weighted by atomic mass is 79.9. The minimum Gasteiger partial charge on any atom is -0.343 e. The quantitative estimate of drug-likeness (QED) is 0.299. The molecule has 2 aromatic carbocycles. The molecule has 5 nitrogen and oxygen atoms in total. The summed E-state index contributed by atoms with van der Waals surface area (Å²) in [7, 11) is 0. The summed E-state index contributed by atoms with van der Waals surface area (Å²) in [4.78, 5) is 10.1. The van der Waals surface area contributed by atoms with Crippen molar-refractivity contribution in [2.24, 2.45) is 0 Å². The van der Waals surface area contributed by atoms with Gasteiger partial charge in [-0.1, -0.05) is 70.5 Å². The Balaban J connectivity index is 1.71. The molecule has 1 aliphatic heterocycles. The van der Waals surface area contributed by atoms with Crippen molar-refractivity contribution in [2.75, 3.05) is 0 Å². The van der Waals surface area contributed by atoms with Gasteiger partial charge in [-0.15, -0.1) is 0 Å². The van der Waals surface area contributed by atoms with Crippen molar-refractivity contribution in [3.63, 3.8) is 0 Å². The van der Waals surface area contributed by atoms with Gasteiger partial charge in [0.25, 0.3) is 0 Å². The first kappa shape index (κ1) is 23.0. The van der Waals surface area contributed by atoms with E-state index < -0.39 is 5.41 Å². The molecular weight excluding hydrogens is 541 g/mol. The molecule has 3 aromatic rings. The molecule has 2 aliphatic rings. The number of hydrogen-bond acceptors (Lipinski definition) is 4. The number of thiol groups is 1. The Hall–Kier alpha value is -1.72. The zero-order valence-electron chi connectivity index (χ0n) is 17.7. The molecule has 1 aliphatic carbocycles. The molecule has 1 saturated carbocycles. The number of benzene rings is 2. The lowest BCUT2D eigenvalue weighted by Gasteiger charge is -2.36. The van der Waals surface area contributed by atoms with E-state index >= 15 is 0 Å². The molecule has 3 unspecified atom stereocenters. The minimum absolute atomic E-state index is 0.190. The van der Waals surface area contributed by atoms with Gasteiger partial charge in [-0.25, -0.2) is 4.98 Å². The maximum absolute atomic E-state index is 10.7. The minimum atomic E-state index is -1.32. The number of nitrogens with zero attached hydrogens (tertiary/aromatic N) is 3. The molecule has 1 aromatic heterocycles. The van der Waals surface area contributed by atoms with Crippen molar-refractivity contribution in [3.8, 4) is 6.07 Å². The number of H-pyrrole nitrogens is 1. The van der Waals surface area contributed by atoms with E-state index in [2.05, 4.69) is 31.9 Å². The zero-order valence-corrected chi connectivity index (χ0v) is 21.6. The molecule has 3 atom stereocenters. The third-order valence-corrected chi connectivity index (χ3v) is 8.75. The fraction of sp³-hybridized carbons (Fsp3) is 0.375. The largest absolute Gasteiger partial charge is 0.343 e. The first-order chi connectivity index (χ1) is 15.9. The Kier molecular flexibility index (Phi) is 6.15. The molecule has 9 heteroatoms. The maximum Gasteiger partial charge on any atom is 0.181 e. The normalized spacial score (nSPS) is 26.2. The highest BCUT2D eigenvalue weighted by molar-refractivity contribution is 9.10. The van der Waals surface area contributed by atoms with Gasteiger partial charge in [-0.3, -0.25) is 5.41 Å². The predicted molar refractivity (Wildman–Crippen MR) is 140 cm³/mol. The van der Waals surface area contributed by atoms with E-state index in [1.807, 2.05) is 24.3 Å². The van der Waals surface area contributed by atoms with Crippen LogP contribution >= 0.6 is 51.8 Å². The van der Waals surface area contributed by atoms with Crippen LogP contribution in [0, 0.1) is 16.7 Å². The highest BCUT2D eigenvalue weighted by Gasteiger charge is 2.61. The van der Waals surface area contributed by atoms with E-state index in [9.17, 15) is 10.7 Å². The van der Waals surface area contributed by atoms with Crippen LogP contribution in [0.5, 0.6) is 0 Å². The summed E-state index contributed by atoms with van der Waals surface area (Å²) in [5.41, 5.74) is 0.918. The molecule has 0 bridgehead atoms. The van der Waals surface area contributed by atoms with E-state index in [1.165, 1.54) is 6.42 Å². The summed E-state index contributed by atoms with van der Waals surface area (Å²) in [5, 5.41) is 20.5. The average Bonchev–Trinajstić information content (AvgIpc) is 3.31. The number of aromatic nitrogens is 2. The standard InChI is InChI=1S/C24H22BrCl2N5S/c25-14-8-6-13(7-9-14)20-21(33)32(15-4-2-1-3-5-15)22(29)24(20,12-28)23-30-18-10-16(26)17(27)11-19(18)31-23/h6-11,15,20-21,29,33H,1-5H2,(H,30,31). The second-order valence-corrected chi connectivity index (χ2v) is 11.0. The van der Waals surface area contributed by atoms with Gasteiger partial charge >= 0.3 is 0 Å². The molecule has 2 N–H and O–H groups in total. The number of aromatic amines is 1. The molecule has 0 spiro atoms. The van der Waals surface area contributed by atoms with Crippen molar-refractivity contribution in [1.29, 1.82) is 10.7 Å². The van der Waals surface area contributed by atoms with Gasteiger partial charge in [0.1, 0.15) is 11.7 Å². The van der Waals surface area contributed by atoms with Crippen LogP contribution in [-0.4, -0.2) is 32.1 Å². The number of hydrogen-bond donors (Lipinski definition) is 3. The van der Waals surface area contributed by atoms with E-state index in [0.29, 0.717) is 26.9 Å². The molecule has 5 rings (SSSR count). The molecule has 2 heterocycles. The lowest BCUT2D eigenvalue weighted by atomic mass is 9.74. The second kappa shape index (κ2) is 8.81. The Bertz CT molecular complexity index is 1230. The smallest absolute Gasteiger partial charge is 0.181 e. The van der Waals surface area contributed by atoms with Crippen LogP contribution < -0.4 is 0 Å². The molecule has 2 fully saturated rings. The van der Waals surface area contributed by atoms with Gasteiger partial charge in [0.15, 0.2) is 5.41 Å². The Morgan fingerprint density at radius 2 is 1.82 bits per heavy atom. The predicted octanol–water partition coefficient (Wildman–Crippen LogP) is 7.06. The first-order valence-electron chi connectivity index (χ1n) is 10.9. The molecule has 0 amide bonds. The maximum atomic E-state index is 10.7.